The van der Waals surface area contributed by atoms with Crippen LogP contribution in [0.1, 0.15) is 12.5 Å². The van der Waals surface area contributed by atoms with Gasteiger partial charge >= 0.3 is 5.97 Å². The Hall–Kier alpha value is -1.75. The minimum absolute atomic E-state index is 0.554. The van der Waals surface area contributed by atoms with Crippen LogP contribution in [0.5, 0.6) is 11.5 Å². The molecule has 100 valence electrons. The molecule has 0 aliphatic heterocycles. The van der Waals surface area contributed by atoms with Gasteiger partial charge in [0.1, 0.15) is 17.5 Å². The predicted octanol–water partition coefficient (Wildman–Crippen LogP) is 1.31. The van der Waals surface area contributed by atoms with Crippen molar-refractivity contribution < 1.29 is 19.4 Å². The Balaban J connectivity index is 2.62. The molecule has 0 fully saturated rings. The first-order valence-corrected chi connectivity index (χ1v) is 5.75. The zero-order valence-electron chi connectivity index (χ0n) is 10.9. The molecule has 0 aromatic heterocycles. The SMILES string of the molecule is COc1ccc(OC)c(CCNC(C)C(=O)O)c1. The van der Waals surface area contributed by atoms with Gasteiger partial charge in [-0.3, -0.25) is 4.79 Å². The van der Waals surface area contributed by atoms with E-state index in [-0.39, 0.29) is 0 Å². The third kappa shape index (κ3) is 3.92. The predicted molar refractivity (Wildman–Crippen MR) is 68.4 cm³/mol. The molecule has 0 amide bonds. The summed E-state index contributed by atoms with van der Waals surface area (Å²) in [5.41, 5.74) is 0.988. The third-order valence-corrected chi connectivity index (χ3v) is 2.70. The normalized spacial score (nSPS) is 11.9. The Morgan fingerprint density at radius 3 is 2.67 bits per heavy atom. The molecule has 1 aromatic rings. The lowest BCUT2D eigenvalue weighted by Crippen LogP contribution is -2.35. The zero-order chi connectivity index (χ0) is 13.5. The van der Waals surface area contributed by atoms with Crippen LogP contribution in [0.15, 0.2) is 18.2 Å². The maximum atomic E-state index is 10.7. The second-order valence-corrected chi connectivity index (χ2v) is 3.94. The number of benzene rings is 1. The van der Waals surface area contributed by atoms with Crippen molar-refractivity contribution in [2.24, 2.45) is 0 Å². The van der Waals surface area contributed by atoms with Crippen LogP contribution in [0.3, 0.4) is 0 Å². The Bertz CT molecular complexity index is 406. The van der Waals surface area contributed by atoms with Crippen molar-refractivity contribution in [3.8, 4) is 11.5 Å². The lowest BCUT2D eigenvalue weighted by molar-refractivity contribution is -0.138. The van der Waals surface area contributed by atoms with Gasteiger partial charge in [0, 0.05) is 6.54 Å². The first-order chi connectivity index (χ1) is 8.58. The average Bonchev–Trinajstić information content (AvgIpc) is 2.38. The molecule has 0 saturated carbocycles. The molecule has 2 N–H and O–H groups in total. The maximum Gasteiger partial charge on any atom is 0.320 e. The number of hydrogen-bond acceptors (Lipinski definition) is 4. The molecular formula is C13H19NO4. The summed E-state index contributed by atoms with van der Waals surface area (Å²) in [6.07, 6.45) is 0.679. The van der Waals surface area contributed by atoms with E-state index in [2.05, 4.69) is 5.32 Å². The van der Waals surface area contributed by atoms with Crippen LogP contribution in [0.2, 0.25) is 0 Å². The van der Waals surface area contributed by atoms with Gasteiger partial charge in [-0.05, 0) is 37.1 Å². The number of rotatable bonds is 7. The number of carboxylic acid groups (broad SMARTS) is 1. The molecule has 0 radical (unpaired) electrons. The van der Waals surface area contributed by atoms with Gasteiger partial charge in [0.15, 0.2) is 0 Å². The van der Waals surface area contributed by atoms with Crippen molar-refractivity contribution in [2.75, 3.05) is 20.8 Å². The molecule has 1 rings (SSSR count). The standard InChI is InChI=1S/C13H19NO4/c1-9(13(15)16)14-7-6-10-8-11(17-2)4-5-12(10)18-3/h4-5,8-9,14H,6-7H2,1-3H3,(H,15,16). The van der Waals surface area contributed by atoms with Crippen molar-refractivity contribution in [3.05, 3.63) is 23.8 Å². The van der Waals surface area contributed by atoms with Gasteiger partial charge in [-0.1, -0.05) is 0 Å². The molecule has 5 nitrogen and oxygen atoms in total. The van der Waals surface area contributed by atoms with Crippen LogP contribution in [-0.4, -0.2) is 37.9 Å². The van der Waals surface area contributed by atoms with E-state index in [0.29, 0.717) is 13.0 Å². The largest absolute Gasteiger partial charge is 0.497 e. The highest BCUT2D eigenvalue weighted by molar-refractivity contribution is 5.72. The molecule has 0 aliphatic carbocycles. The summed E-state index contributed by atoms with van der Waals surface area (Å²) >= 11 is 0. The van der Waals surface area contributed by atoms with E-state index >= 15 is 0 Å². The summed E-state index contributed by atoms with van der Waals surface area (Å²) < 4.78 is 10.4. The minimum Gasteiger partial charge on any atom is -0.497 e. The highest BCUT2D eigenvalue weighted by Gasteiger charge is 2.10. The molecule has 0 spiro atoms. The van der Waals surface area contributed by atoms with Crippen molar-refractivity contribution >= 4 is 5.97 Å². The summed E-state index contributed by atoms with van der Waals surface area (Å²) in [6.45, 7) is 2.18. The second-order valence-electron chi connectivity index (χ2n) is 3.94. The lowest BCUT2D eigenvalue weighted by Gasteiger charge is -2.12. The molecule has 1 atom stereocenters. The first-order valence-electron chi connectivity index (χ1n) is 5.75. The molecular weight excluding hydrogens is 234 g/mol. The monoisotopic (exact) mass is 253 g/mol. The highest BCUT2D eigenvalue weighted by atomic mass is 16.5. The third-order valence-electron chi connectivity index (χ3n) is 2.70. The van der Waals surface area contributed by atoms with Gasteiger partial charge in [-0.2, -0.15) is 0 Å². The molecule has 5 heteroatoms. The van der Waals surface area contributed by atoms with Crippen molar-refractivity contribution in [2.45, 2.75) is 19.4 Å². The van der Waals surface area contributed by atoms with E-state index in [1.54, 1.807) is 21.1 Å². The van der Waals surface area contributed by atoms with Gasteiger partial charge in [0.05, 0.1) is 14.2 Å². The van der Waals surface area contributed by atoms with Crippen LogP contribution in [-0.2, 0) is 11.2 Å². The van der Waals surface area contributed by atoms with Crippen LogP contribution in [0, 0.1) is 0 Å². The summed E-state index contributed by atoms with van der Waals surface area (Å²) in [5.74, 6) is 0.685. The zero-order valence-corrected chi connectivity index (χ0v) is 10.9. The van der Waals surface area contributed by atoms with Gasteiger partial charge in [-0.25, -0.2) is 0 Å². The number of ether oxygens (including phenoxy) is 2. The Morgan fingerprint density at radius 1 is 1.39 bits per heavy atom. The van der Waals surface area contributed by atoms with Crippen LogP contribution < -0.4 is 14.8 Å². The van der Waals surface area contributed by atoms with E-state index < -0.39 is 12.0 Å². The van der Waals surface area contributed by atoms with E-state index in [4.69, 9.17) is 14.6 Å². The fourth-order valence-electron chi connectivity index (χ4n) is 1.59. The molecule has 0 saturated heterocycles. The van der Waals surface area contributed by atoms with E-state index in [1.165, 1.54) is 0 Å². The smallest absolute Gasteiger partial charge is 0.320 e. The fourth-order valence-corrected chi connectivity index (χ4v) is 1.59. The highest BCUT2D eigenvalue weighted by Crippen LogP contribution is 2.24. The second kappa shape index (κ2) is 6.86. The van der Waals surface area contributed by atoms with Crippen LogP contribution >= 0.6 is 0 Å². The van der Waals surface area contributed by atoms with Gasteiger partial charge in [-0.15, -0.1) is 0 Å². The molecule has 1 unspecified atom stereocenters. The number of carboxylic acids is 1. The molecule has 1 aromatic carbocycles. The Labute approximate surface area is 107 Å². The van der Waals surface area contributed by atoms with Crippen molar-refractivity contribution in [3.63, 3.8) is 0 Å². The molecule has 0 heterocycles. The molecule has 0 aliphatic rings. The maximum absolute atomic E-state index is 10.7. The topological polar surface area (TPSA) is 67.8 Å². The minimum atomic E-state index is -0.854. The van der Waals surface area contributed by atoms with Crippen LogP contribution in [0.25, 0.3) is 0 Å². The number of methoxy groups -OCH3 is 2. The average molecular weight is 253 g/mol. The molecule has 0 bridgehead atoms. The van der Waals surface area contributed by atoms with Crippen molar-refractivity contribution in [1.29, 1.82) is 0 Å². The Kier molecular flexibility index (Phi) is 5.45. The number of hydrogen-bond donors (Lipinski definition) is 2. The first kappa shape index (κ1) is 14.3. The number of carbonyl (C=O) groups is 1. The van der Waals surface area contributed by atoms with Gasteiger partial charge in [0.2, 0.25) is 0 Å². The summed E-state index contributed by atoms with van der Waals surface area (Å²) in [6, 6.07) is 5.01. The number of aliphatic carboxylic acids is 1. The Morgan fingerprint density at radius 2 is 2.11 bits per heavy atom. The fraction of sp³-hybridized carbons (Fsp3) is 0.462. The summed E-state index contributed by atoms with van der Waals surface area (Å²) in [7, 11) is 3.22. The van der Waals surface area contributed by atoms with Gasteiger partial charge < -0.3 is 19.9 Å². The van der Waals surface area contributed by atoms with E-state index in [0.717, 1.165) is 17.1 Å². The van der Waals surface area contributed by atoms with Crippen LogP contribution in [0.4, 0.5) is 0 Å². The quantitative estimate of drug-likeness (QED) is 0.767. The summed E-state index contributed by atoms with van der Waals surface area (Å²) in [4.78, 5) is 10.7. The van der Waals surface area contributed by atoms with E-state index in [9.17, 15) is 4.79 Å². The molecule has 18 heavy (non-hydrogen) atoms. The van der Waals surface area contributed by atoms with Crippen molar-refractivity contribution in [1.82, 2.24) is 5.32 Å². The van der Waals surface area contributed by atoms with E-state index in [1.807, 2.05) is 18.2 Å². The summed E-state index contributed by atoms with van der Waals surface area (Å²) in [5, 5.41) is 11.7. The lowest BCUT2D eigenvalue weighted by atomic mass is 10.1. The number of nitrogens with one attached hydrogen (secondary N) is 1. The van der Waals surface area contributed by atoms with Gasteiger partial charge in [0.25, 0.3) is 0 Å².